The Balaban J connectivity index is 1.41. The molecule has 0 amide bonds. The molecule has 0 spiro atoms. The van der Waals surface area contributed by atoms with Crippen LogP contribution in [-0.2, 0) is 5.41 Å². The summed E-state index contributed by atoms with van der Waals surface area (Å²) in [5.74, 6) is 0. The third-order valence-electron chi connectivity index (χ3n) is 8.94. The molecule has 1 aromatic heterocycles. The van der Waals surface area contributed by atoms with Gasteiger partial charge < -0.3 is 0 Å². The minimum absolute atomic E-state index is 0.0949. The van der Waals surface area contributed by atoms with Crippen molar-refractivity contribution in [2.45, 2.75) is 19.3 Å². The molecule has 0 radical (unpaired) electrons. The van der Waals surface area contributed by atoms with Crippen molar-refractivity contribution in [3.8, 4) is 0 Å². The van der Waals surface area contributed by atoms with Crippen LogP contribution in [-0.4, -0.2) is 14.5 Å². The zero-order valence-electron chi connectivity index (χ0n) is 24.3. The van der Waals surface area contributed by atoms with E-state index < -0.39 is 0 Å². The molecule has 0 aliphatic carbocycles. The summed E-state index contributed by atoms with van der Waals surface area (Å²) in [6.45, 7) is 4.62. The molecule has 8 aromatic rings. The topological polar surface area (TPSA) is 3.24 Å². The van der Waals surface area contributed by atoms with Crippen molar-refractivity contribution >= 4 is 72.4 Å². The van der Waals surface area contributed by atoms with Gasteiger partial charge in [-0.15, -0.1) is 0 Å². The van der Waals surface area contributed by atoms with Gasteiger partial charge in [0.2, 0.25) is 0 Å². The molecule has 0 saturated heterocycles. The van der Waals surface area contributed by atoms with Crippen LogP contribution in [0.15, 0.2) is 152 Å². The van der Waals surface area contributed by atoms with E-state index in [1.807, 2.05) is 0 Å². The van der Waals surface area contributed by atoms with Gasteiger partial charge >= 0.3 is 241 Å². The quantitative estimate of drug-likeness (QED) is 0.137. The van der Waals surface area contributed by atoms with Crippen LogP contribution in [0.4, 0.5) is 17.1 Å². The van der Waals surface area contributed by atoms with Gasteiger partial charge in [-0.05, 0) is 0 Å². The predicted octanol–water partition coefficient (Wildman–Crippen LogP) is 11.2. The molecule has 7 aromatic carbocycles. The van der Waals surface area contributed by atoms with Gasteiger partial charge in [-0.3, -0.25) is 0 Å². The van der Waals surface area contributed by atoms with Gasteiger partial charge in [-0.1, -0.05) is 18.2 Å². The second-order valence-electron chi connectivity index (χ2n) is 11.8. The van der Waals surface area contributed by atoms with Crippen molar-refractivity contribution in [3.63, 3.8) is 0 Å². The average molecular weight is 617 g/mol. The molecule has 0 aliphatic heterocycles. The maximum absolute atomic E-state index is 2.45. The Kier molecular flexibility index (Phi) is 6.22. The van der Waals surface area contributed by atoms with E-state index in [0.29, 0.717) is 0 Å². The Morgan fingerprint density at radius 1 is 0.488 bits per heavy atom. The monoisotopic (exact) mass is 617 g/mol. The van der Waals surface area contributed by atoms with E-state index in [4.69, 9.17) is 0 Å². The molecule has 8 rings (SSSR count). The van der Waals surface area contributed by atoms with Gasteiger partial charge in [0, 0.05) is 0 Å². The summed E-state index contributed by atoms with van der Waals surface area (Å²) < 4.78 is 2.97. The number of nitrogens with zero attached hydrogens (tertiary/aromatic N) is 1. The van der Waals surface area contributed by atoms with E-state index in [0.717, 1.165) is 11.4 Å². The van der Waals surface area contributed by atoms with Gasteiger partial charge in [0.15, 0.2) is 0 Å². The van der Waals surface area contributed by atoms with Crippen LogP contribution < -0.4 is 4.90 Å². The summed E-state index contributed by atoms with van der Waals surface area (Å²) in [6.07, 6.45) is 0. The number of anilines is 3. The molecule has 43 heavy (non-hydrogen) atoms. The molecule has 0 fully saturated rings. The Hall–Kier alpha value is -4.62. The first-order valence-corrected chi connectivity index (χ1v) is 16.6. The van der Waals surface area contributed by atoms with Crippen molar-refractivity contribution in [3.05, 3.63) is 163 Å². The van der Waals surface area contributed by atoms with Crippen molar-refractivity contribution in [1.82, 2.24) is 0 Å². The second-order valence-corrected chi connectivity index (χ2v) is 14.0. The Bertz CT molecular complexity index is 2240. The van der Waals surface area contributed by atoms with E-state index in [1.54, 1.807) is 0 Å². The third kappa shape index (κ3) is 4.29. The molecule has 2 heteroatoms. The van der Waals surface area contributed by atoms with Gasteiger partial charge in [0.25, 0.3) is 0 Å². The first kappa shape index (κ1) is 26.0. The Morgan fingerprint density at radius 3 is 1.86 bits per heavy atom. The van der Waals surface area contributed by atoms with E-state index in [-0.39, 0.29) is 19.9 Å². The number of para-hydroxylation sites is 1. The van der Waals surface area contributed by atoms with Crippen LogP contribution in [0.1, 0.15) is 25.0 Å². The first-order chi connectivity index (χ1) is 21.1. The molecule has 0 bridgehead atoms. The summed E-state index contributed by atoms with van der Waals surface area (Å²) in [5.41, 5.74) is 6.06. The van der Waals surface area contributed by atoms with Crippen LogP contribution in [0.25, 0.3) is 40.8 Å². The van der Waals surface area contributed by atoms with Crippen LogP contribution >= 0.6 is 0 Å². The van der Waals surface area contributed by atoms with Crippen LogP contribution in [0, 0.1) is 0 Å². The van der Waals surface area contributed by atoms with Crippen LogP contribution in [0.2, 0.25) is 0 Å². The fourth-order valence-electron chi connectivity index (χ4n) is 6.58. The van der Waals surface area contributed by atoms with E-state index in [9.17, 15) is 0 Å². The van der Waals surface area contributed by atoms with Crippen LogP contribution in [0.3, 0.4) is 0 Å². The summed E-state index contributed by atoms with van der Waals surface area (Å²) in [7, 11) is 0. The van der Waals surface area contributed by atoms with E-state index in [2.05, 4.69) is 170 Å². The zero-order chi connectivity index (χ0) is 29.0. The predicted molar refractivity (Wildman–Crippen MR) is 187 cm³/mol. The first-order valence-electron chi connectivity index (χ1n) is 14.9. The fourth-order valence-corrected chi connectivity index (χ4v) is 9.21. The fraction of sp³-hybridized carbons (Fsp3) is 0.0732. The van der Waals surface area contributed by atoms with Gasteiger partial charge in [0.05, 0.1) is 0 Å². The van der Waals surface area contributed by atoms with E-state index in [1.165, 1.54) is 57.7 Å². The number of rotatable bonds is 5. The molecule has 1 nitrogen and oxygen atoms in total. The Labute approximate surface area is 258 Å². The molecule has 1 heterocycles. The second kappa shape index (κ2) is 10.3. The van der Waals surface area contributed by atoms with E-state index >= 15 is 0 Å². The normalized spacial score (nSPS) is 12.0. The van der Waals surface area contributed by atoms with Crippen molar-refractivity contribution < 1.29 is 0 Å². The van der Waals surface area contributed by atoms with Gasteiger partial charge in [-0.2, -0.15) is 0 Å². The number of hydrogen-bond acceptors (Lipinski definition) is 1. The molecule has 0 unspecified atom stereocenters. The SMILES string of the molecule is CC(C)(c1ccccc1)c1ccc(N(c2ccccc2)c2cc3c4ccccc4[se]c3c3c2ccc2ccccc23)cc1. The molecular weight excluding hydrogens is 585 g/mol. The molecule has 0 saturated carbocycles. The van der Waals surface area contributed by atoms with Gasteiger partial charge in [-0.25, -0.2) is 0 Å². The summed E-state index contributed by atoms with van der Waals surface area (Å²) in [6, 6.07) is 55.8. The zero-order valence-corrected chi connectivity index (χ0v) is 26.0. The minimum atomic E-state index is -0.0949. The number of fused-ring (bicyclic) bond motifs is 7. The van der Waals surface area contributed by atoms with Crippen molar-refractivity contribution in [2.24, 2.45) is 0 Å². The van der Waals surface area contributed by atoms with Crippen molar-refractivity contribution in [2.75, 3.05) is 4.90 Å². The molecular formula is C41H31NSe. The molecule has 206 valence electrons. The average Bonchev–Trinajstić information content (AvgIpc) is 3.44. The third-order valence-corrected chi connectivity index (χ3v) is 11.5. The molecule has 0 atom stereocenters. The van der Waals surface area contributed by atoms with Crippen molar-refractivity contribution in [1.29, 1.82) is 0 Å². The summed E-state index contributed by atoms with van der Waals surface area (Å²) in [5, 5.41) is 8.06. The standard InChI is InChI=1S/C41H31NSe/c1-41(2,29-14-5-3-6-15-29)30-22-24-32(25-23-30)42(31-16-7-4-8-17-31)37-27-36-34-19-11-12-20-38(34)43-40(36)39-33-18-10-9-13-28(33)21-26-35(37)39/h3-27H,1-2H3. The molecule has 0 N–H and O–H groups in total. The maximum atomic E-state index is 2.45. The number of benzene rings is 7. The van der Waals surface area contributed by atoms with Gasteiger partial charge in [0.1, 0.15) is 0 Å². The summed E-state index contributed by atoms with van der Waals surface area (Å²) >= 11 is 0.259. The summed E-state index contributed by atoms with van der Waals surface area (Å²) in [4.78, 5) is 2.45. The molecule has 0 aliphatic rings. The number of hydrogen-bond donors (Lipinski definition) is 0. The Morgan fingerprint density at radius 2 is 1.09 bits per heavy atom. The van der Waals surface area contributed by atoms with Crippen LogP contribution in [0.5, 0.6) is 0 Å².